The summed E-state index contributed by atoms with van der Waals surface area (Å²) in [6.45, 7) is 5.47. The van der Waals surface area contributed by atoms with E-state index in [4.69, 9.17) is 26.8 Å². The number of aromatic carboxylic acids is 1. The summed E-state index contributed by atoms with van der Waals surface area (Å²) < 4.78 is 11.4. The molecule has 2 aromatic carbocycles. The highest BCUT2D eigenvalue weighted by atomic mass is 35.5. The van der Waals surface area contributed by atoms with Gasteiger partial charge in [-0.15, -0.1) is 0 Å². The fourth-order valence-electron chi connectivity index (χ4n) is 3.67. The zero-order chi connectivity index (χ0) is 21.7. The molecule has 0 amide bonds. The lowest BCUT2D eigenvalue weighted by Crippen LogP contribution is -2.02. The van der Waals surface area contributed by atoms with Gasteiger partial charge < -0.3 is 25.3 Å². The molecular formula is C23H27ClN2O4. The first-order chi connectivity index (χ1) is 14.5. The number of halogens is 1. The number of fused-ring (bicyclic) bond motifs is 1. The van der Waals surface area contributed by atoms with Crippen molar-refractivity contribution in [2.45, 2.75) is 33.1 Å². The Morgan fingerprint density at radius 1 is 1.10 bits per heavy atom. The van der Waals surface area contributed by atoms with Gasteiger partial charge >= 0.3 is 5.97 Å². The van der Waals surface area contributed by atoms with Gasteiger partial charge in [0.1, 0.15) is 0 Å². The molecule has 0 atom stereocenters. The maximum atomic E-state index is 11.9. The molecule has 0 aliphatic heterocycles. The summed E-state index contributed by atoms with van der Waals surface area (Å²) in [5, 5.41) is 10.9. The van der Waals surface area contributed by atoms with Crippen molar-refractivity contribution in [2.75, 3.05) is 19.8 Å². The highest BCUT2D eigenvalue weighted by Crippen LogP contribution is 2.39. The number of carboxylic acid groups (broad SMARTS) is 1. The van der Waals surface area contributed by atoms with Crippen LogP contribution < -0.4 is 15.2 Å². The molecule has 160 valence electrons. The third-order valence-electron chi connectivity index (χ3n) is 4.95. The van der Waals surface area contributed by atoms with Crippen molar-refractivity contribution < 1.29 is 19.4 Å². The maximum Gasteiger partial charge on any atom is 0.336 e. The topological polar surface area (TPSA) is 97.6 Å². The van der Waals surface area contributed by atoms with Crippen molar-refractivity contribution in [3.8, 4) is 22.8 Å². The van der Waals surface area contributed by atoms with Crippen molar-refractivity contribution in [3.05, 3.63) is 46.5 Å². The Morgan fingerprint density at radius 3 is 2.50 bits per heavy atom. The first-order valence-electron chi connectivity index (χ1n) is 10.2. The quantitative estimate of drug-likeness (QED) is 0.381. The minimum atomic E-state index is -0.982. The standard InChI is InChI=1S/C23H27ClN2O4/c1-3-29-18-11-8-14(13-19(18)30-4-2)21-15(7-5-6-12-25)20-16(23(27)28)9-10-17(24)22(20)26-21/h8-11,13,26H,3-7,12,25H2,1-2H3,(H,27,28). The first kappa shape index (κ1) is 22.0. The molecule has 0 bridgehead atoms. The van der Waals surface area contributed by atoms with E-state index in [0.717, 1.165) is 29.7 Å². The number of H-pyrrole nitrogens is 1. The summed E-state index contributed by atoms with van der Waals surface area (Å²) in [4.78, 5) is 15.3. The Kier molecular flexibility index (Phi) is 7.24. The van der Waals surface area contributed by atoms with E-state index in [1.807, 2.05) is 32.0 Å². The molecular weight excluding hydrogens is 404 g/mol. The van der Waals surface area contributed by atoms with E-state index in [1.165, 1.54) is 0 Å². The predicted molar refractivity (Wildman–Crippen MR) is 120 cm³/mol. The minimum absolute atomic E-state index is 0.232. The third-order valence-corrected chi connectivity index (χ3v) is 5.27. The van der Waals surface area contributed by atoms with Crippen LogP contribution >= 0.6 is 11.6 Å². The minimum Gasteiger partial charge on any atom is -0.490 e. The second kappa shape index (κ2) is 9.87. The Hall–Kier alpha value is -2.70. The van der Waals surface area contributed by atoms with Crippen molar-refractivity contribution in [2.24, 2.45) is 5.73 Å². The largest absolute Gasteiger partial charge is 0.490 e. The van der Waals surface area contributed by atoms with Crippen LogP contribution in [0.25, 0.3) is 22.2 Å². The smallest absolute Gasteiger partial charge is 0.336 e. The van der Waals surface area contributed by atoms with Gasteiger partial charge in [-0.05, 0) is 75.5 Å². The van der Waals surface area contributed by atoms with Crippen LogP contribution in [0.5, 0.6) is 11.5 Å². The average Bonchev–Trinajstić information content (AvgIpc) is 3.10. The van der Waals surface area contributed by atoms with Crippen LogP contribution in [0.3, 0.4) is 0 Å². The molecule has 6 nitrogen and oxygen atoms in total. The van der Waals surface area contributed by atoms with Gasteiger partial charge in [0.05, 0.1) is 29.3 Å². The predicted octanol–water partition coefficient (Wildman–Crippen LogP) is 5.27. The number of carboxylic acids is 1. The zero-order valence-electron chi connectivity index (χ0n) is 17.3. The molecule has 0 unspecified atom stereocenters. The van der Waals surface area contributed by atoms with Gasteiger partial charge in [-0.3, -0.25) is 0 Å². The summed E-state index contributed by atoms with van der Waals surface area (Å²) in [5.41, 5.74) is 9.17. The number of benzene rings is 2. The molecule has 0 fully saturated rings. The van der Waals surface area contributed by atoms with Crippen LogP contribution in [0, 0.1) is 0 Å². The van der Waals surface area contributed by atoms with E-state index in [0.29, 0.717) is 53.6 Å². The molecule has 0 spiro atoms. The SMILES string of the molecule is CCOc1ccc(-c2[nH]c3c(Cl)ccc(C(=O)O)c3c2CCCCN)cc1OCC. The molecule has 0 aliphatic rings. The Bertz CT molecular complexity index is 1050. The molecule has 0 aliphatic carbocycles. The number of nitrogens with one attached hydrogen (secondary N) is 1. The van der Waals surface area contributed by atoms with E-state index < -0.39 is 5.97 Å². The van der Waals surface area contributed by atoms with Gasteiger partial charge in [0.15, 0.2) is 11.5 Å². The number of unbranched alkanes of at least 4 members (excludes halogenated alkanes) is 1. The Morgan fingerprint density at radius 2 is 1.83 bits per heavy atom. The summed E-state index contributed by atoms with van der Waals surface area (Å²) in [5.74, 6) is 0.338. The van der Waals surface area contributed by atoms with E-state index >= 15 is 0 Å². The number of nitrogens with two attached hydrogens (primary N) is 1. The highest BCUT2D eigenvalue weighted by Gasteiger charge is 2.21. The molecule has 0 radical (unpaired) electrons. The fourth-order valence-corrected chi connectivity index (χ4v) is 3.87. The molecule has 4 N–H and O–H groups in total. The number of ether oxygens (including phenoxy) is 2. The Labute approximate surface area is 180 Å². The number of hydrogen-bond donors (Lipinski definition) is 3. The lowest BCUT2D eigenvalue weighted by atomic mass is 9.97. The highest BCUT2D eigenvalue weighted by molar-refractivity contribution is 6.36. The number of rotatable bonds is 10. The number of aromatic nitrogens is 1. The van der Waals surface area contributed by atoms with Crippen LogP contribution in [-0.4, -0.2) is 35.8 Å². The first-order valence-corrected chi connectivity index (χ1v) is 10.6. The van der Waals surface area contributed by atoms with E-state index in [-0.39, 0.29) is 5.56 Å². The second-order valence-electron chi connectivity index (χ2n) is 6.90. The molecule has 0 saturated heterocycles. The molecule has 0 saturated carbocycles. The normalized spacial score (nSPS) is 11.1. The number of aromatic amines is 1. The molecule has 1 heterocycles. The van der Waals surface area contributed by atoms with Gasteiger partial charge in [0.25, 0.3) is 0 Å². The summed E-state index contributed by atoms with van der Waals surface area (Å²) in [6.07, 6.45) is 2.38. The summed E-state index contributed by atoms with van der Waals surface area (Å²) in [7, 11) is 0. The van der Waals surface area contributed by atoms with Crippen LogP contribution in [0.4, 0.5) is 0 Å². The molecule has 30 heavy (non-hydrogen) atoms. The number of hydrogen-bond acceptors (Lipinski definition) is 4. The lowest BCUT2D eigenvalue weighted by molar-refractivity contribution is 0.0699. The fraction of sp³-hybridized carbons (Fsp3) is 0.348. The van der Waals surface area contributed by atoms with Crippen LogP contribution in [0.1, 0.15) is 42.6 Å². The molecule has 3 aromatic rings. The van der Waals surface area contributed by atoms with Crippen LogP contribution in [-0.2, 0) is 6.42 Å². The second-order valence-corrected chi connectivity index (χ2v) is 7.31. The van der Waals surface area contributed by atoms with E-state index in [9.17, 15) is 9.90 Å². The van der Waals surface area contributed by atoms with Crippen molar-refractivity contribution >= 4 is 28.5 Å². The molecule has 7 heteroatoms. The summed E-state index contributed by atoms with van der Waals surface area (Å²) >= 11 is 6.43. The third kappa shape index (κ3) is 4.40. The monoisotopic (exact) mass is 430 g/mol. The van der Waals surface area contributed by atoms with Crippen LogP contribution in [0.15, 0.2) is 30.3 Å². The number of aryl methyl sites for hydroxylation is 1. The van der Waals surface area contributed by atoms with Crippen molar-refractivity contribution in [1.29, 1.82) is 0 Å². The summed E-state index contributed by atoms with van der Waals surface area (Å²) in [6, 6.07) is 8.90. The van der Waals surface area contributed by atoms with Gasteiger partial charge in [-0.25, -0.2) is 4.79 Å². The average molecular weight is 431 g/mol. The Balaban J connectivity index is 2.23. The van der Waals surface area contributed by atoms with E-state index in [2.05, 4.69) is 4.98 Å². The maximum absolute atomic E-state index is 11.9. The van der Waals surface area contributed by atoms with Gasteiger partial charge in [-0.1, -0.05) is 11.6 Å². The zero-order valence-corrected chi connectivity index (χ0v) is 18.0. The lowest BCUT2D eigenvalue weighted by Gasteiger charge is -2.13. The van der Waals surface area contributed by atoms with Gasteiger partial charge in [0, 0.05) is 16.6 Å². The van der Waals surface area contributed by atoms with E-state index in [1.54, 1.807) is 12.1 Å². The van der Waals surface area contributed by atoms with Gasteiger partial charge in [-0.2, -0.15) is 0 Å². The van der Waals surface area contributed by atoms with Crippen LogP contribution in [0.2, 0.25) is 5.02 Å². The van der Waals surface area contributed by atoms with Gasteiger partial charge in [0.2, 0.25) is 0 Å². The molecule has 1 aromatic heterocycles. The van der Waals surface area contributed by atoms with Crippen molar-refractivity contribution in [1.82, 2.24) is 4.98 Å². The number of carbonyl (C=O) groups is 1. The molecule has 3 rings (SSSR count). The van der Waals surface area contributed by atoms with Crippen molar-refractivity contribution in [3.63, 3.8) is 0 Å².